The van der Waals surface area contributed by atoms with Gasteiger partial charge in [0.25, 0.3) is 5.91 Å². The molecule has 2 aromatic rings. The molecule has 9 heteroatoms. The summed E-state index contributed by atoms with van der Waals surface area (Å²) < 4.78 is 0. The summed E-state index contributed by atoms with van der Waals surface area (Å²) in [5, 5.41) is 18.8. The van der Waals surface area contributed by atoms with Crippen LogP contribution in [0.5, 0.6) is 5.75 Å². The van der Waals surface area contributed by atoms with E-state index in [9.17, 15) is 9.90 Å². The first-order valence-electron chi connectivity index (χ1n) is 8.48. The van der Waals surface area contributed by atoms with Gasteiger partial charge in [-0.25, -0.2) is 4.98 Å². The number of benzene rings is 1. The normalized spacial score (nSPS) is 10.9. The predicted molar refractivity (Wildman–Crippen MR) is 120 cm³/mol. The number of phenols is 1. The van der Waals surface area contributed by atoms with Crippen LogP contribution in [0.4, 0.5) is 0 Å². The van der Waals surface area contributed by atoms with Crippen LogP contribution >= 0.6 is 35.3 Å². The fraction of sp³-hybridized carbons (Fsp3) is 0.389. The van der Waals surface area contributed by atoms with E-state index in [1.165, 1.54) is 6.07 Å². The third-order valence-corrected chi connectivity index (χ3v) is 4.39. The lowest BCUT2D eigenvalue weighted by atomic mass is 10.2. The molecule has 1 amide bonds. The topological polar surface area (TPSA) is 89.8 Å². The maximum absolute atomic E-state index is 12.1. The van der Waals surface area contributed by atoms with Crippen LogP contribution in [0.3, 0.4) is 0 Å². The van der Waals surface area contributed by atoms with Crippen LogP contribution in [0.2, 0.25) is 0 Å². The number of halogens is 1. The summed E-state index contributed by atoms with van der Waals surface area (Å²) in [7, 11) is 1.96. The van der Waals surface area contributed by atoms with Crippen molar-refractivity contribution in [2.24, 2.45) is 4.99 Å². The molecule has 1 heterocycles. The number of thiazole rings is 1. The molecule has 0 atom stereocenters. The third-order valence-electron chi connectivity index (χ3n) is 3.57. The van der Waals surface area contributed by atoms with Gasteiger partial charge in [-0.3, -0.25) is 9.79 Å². The van der Waals surface area contributed by atoms with Gasteiger partial charge in [0.05, 0.1) is 29.4 Å². The molecule has 0 aliphatic heterocycles. The number of carbonyl (C=O) groups is 1. The zero-order valence-corrected chi connectivity index (χ0v) is 18.9. The van der Waals surface area contributed by atoms with Crippen molar-refractivity contribution in [2.45, 2.75) is 20.4 Å². The lowest BCUT2D eigenvalue weighted by Crippen LogP contribution is -2.39. The number of rotatable bonds is 7. The Morgan fingerprint density at radius 1 is 1.33 bits per heavy atom. The Labute approximate surface area is 180 Å². The van der Waals surface area contributed by atoms with Gasteiger partial charge in [-0.05, 0) is 26.0 Å². The molecular formula is C18H26IN5O2S. The summed E-state index contributed by atoms with van der Waals surface area (Å²) in [5.74, 6) is 0.421. The molecule has 0 saturated heterocycles. The van der Waals surface area contributed by atoms with Gasteiger partial charge in [0, 0.05) is 25.5 Å². The van der Waals surface area contributed by atoms with Crippen molar-refractivity contribution in [2.75, 3.05) is 26.7 Å². The number of hydrogen-bond acceptors (Lipinski definition) is 5. The molecule has 0 radical (unpaired) electrons. The number of aromatic hydroxyl groups is 1. The zero-order chi connectivity index (χ0) is 18.9. The molecule has 27 heavy (non-hydrogen) atoms. The highest BCUT2D eigenvalue weighted by molar-refractivity contribution is 14.0. The van der Waals surface area contributed by atoms with Gasteiger partial charge in [-0.2, -0.15) is 0 Å². The number of guanidine groups is 1. The number of nitrogens with one attached hydrogen (secondary N) is 2. The maximum atomic E-state index is 12.1. The van der Waals surface area contributed by atoms with Crippen molar-refractivity contribution < 1.29 is 9.90 Å². The molecule has 0 unspecified atom stereocenters. The van der Waals surface area contributed by atoms with Crippen LogP contribution in [0.25, 0.3) is 0 Å². The van der Waals surface area contributed by atoms with Gasteiger partial charge in [-0.1, -0.05) is 12.1 Å². The second-order valence-electron chi connectivity index (χ2n) is 5.72. The molecule has 0 saturated carbocycles. The minimum atomic E-state index is -0.311. The Morgan fingerprint density at radius 2 is 2.07 bits per heavy atom. The number of phenolic OH excluding ortho intramolecular Hbond substituents is 1. The lowest BCUT2D eigenvalue weighted by Gasteiger charge is -2.21. The van der Waals surface area contributed by atoms with Crippen molar-refractivity contribution in [1.29, 1.82) is 0 Å². The molecule has 1 aromatic carbocycles. The molecule has 0 fully saturated rings. The molecule has 148 valence electrons. The second kappa shape index (κ2) is 11.8. The number of nitrogens with zero attached hydrogens (tertiary/aromatic N) is 3. The number of amides is 1. The average Bonchev–Trinajstić information content (AvgIpc) is 3.02. The van der Waals surface area contributed by atoms with Crippen LogP contribution < -0.4 is 10.6 Å². The summed E-state index contributed by atoms with van der Waals surface area (Å²) in [6.45, 7) is 6.23. The molecule has 0 aliphatic carbocycles. The van der Waals surface area contributed by atoms with Gasteiger partial charge in [0.1, 0.15) is 5.75 Å². The molecule has 0 aliphatic rings. The number of aromatic nitrogens is 1. The third kappa shape index (κ3) is 7.33. The SMILES string of the molecule is CCNC(=NCCNC(=O)c1ccccc1O)N(C)Cc1csc(C)n1.I. The number of para-hydroxylation sites is 1. The largest absolute Gasteiger partial charge is 0.507 e. The van der Waals surface area contributed by atoms with Crippen molar-refractivity contribution in [3.63, 3.8) is 0 Å². The van der Waals surface area contributed by atoms with Crippen LogP contribution in [0.15, 0.2) is 34.6 Å². The summed E-state index contributed by atoms with van der Waals surface area (Å²) in [6.07, 6.45) is 0. The number of aliphatic imine (C=N–C) groups is 1. The fourth-order valence-corrected chi connectivity index (χ4v) is 2.96. The predicted octanol–water partition coefficient (Wildman–Crippen LogP) is 2.60. The molecular weight excluding hydrogens is 477 g/mol. The van der Waals surface area contributed by atoms with Crippen LogP contribution in [-0.4, -0.2) is 53.5 Å². The Hall–Kier alpha value is -1.88. The van der Waals surface area contributed by atoms with Gasteiger partial charge in [-0.15, -0.1) is 35.3 Å². The quantitative estimate of drug-likeness (QED) is 0.234. The van der Waals surface area contributed by atoms with Crippen molar-refractivity contribution in [3.05, 3.63) is 45.9 Å². The Morgan fingerprint density at radius 3 is 2.70 bits per heavy atom. The van der Waals surface area contributed by atoms with Crippen LogP contribution in [0, 0.1) is 6.92 Å². The molecule has 1 aromatic heterocycles. The first-order chi connectivity index (χ1) is 12.5. The Bertz CT molecular complexity index is 766. The Kier molecular flexibility index (Phi) is 10.1. The molecule has 0 bridgehead atoms. The van der Waals surface area contributed by atoms with E-state index in [1.54, 1.807) is 29.5 Å². The molecule has 0 spiro atoms. The van der Waals surface area contributed by atoms with E-state index < -0.39 is 0 Å². The second-order valence-corrected chi connectivity index (χ2v) is 6.78. The lowest BCUT2D eigenvalue weighted by molar-refractivity contribution is 0.0952. The zero-order valence-electron chi connectivity index (χ0n) is 15.7. The van der Waals surface area contributed by atoms with Crippen molar-refractivity contribution >= 4 is 47.2 Å². The van der Waals surface area contributed by atoms with Gasteiger partial charge < -0.3 is 20.6 Å². The maximum Gasteiger partial charge on any atom is 0.255 e. The highest BCUT2D eigenvalue weighted by atomic mass is 127. The van der Waals surface area contributed by atoms with Gasteiger partial charge in [0.2, 0.25) is 0 Å². The van der Waals surface area contributed by atoms with E-state index in [1.807, 2.05) is 31.2 Å². The summed E-state index contributed by atoms with van der Waals surface area (Å²) >= 11 is 1.63. The standard InChI is InChI=1S/C18H25N5O2S.HI/c1-4-19-18(23(3)11-14-12-26-13(2)22-14)21-10-9-20-17(25)15-7-5-6-8-16(15)24;/h5-8,12,24H,4,9-11H2,1-3H3,(H,19,21)(H,20,25);1H. The van der Waals surface area contributed by atoms with Gasteiger partial charge in [0.15, 0.2) is 5.96 Å². The number of hydrogen-bond donors (Lipinski definition) is 3. The fourth-order valence-electron chi connectivity index (χ4n) is 2.36. The van der Waals surface area contributed by atoms with Crippen LogP contribution in [0.1, 0.15) is 28.0 Å². The van der Waals surface area contributed by atoms with Gasteiger partial charge >= 0.3 is 0 Å². The molecule has 2 rings (SSSR count). The average molecular weight is 503 g/mol. The Balaban J connectivity index is 0.00000364. The van der Waals surface area contributed by atoms with E-state index >= 15 is 0 Å². The van der Waals surface area contributed by atoms with E-state index in [0.29, 0.717) is 19.6 Å². The highest BCUT2D eigenvalue weighted by Crippen LogP contribution is 2.14. The highest BCUT2D eigenvalue weighted by Gasteiger charge is 2.10. The van der Waals surface area contributed by atoms with E-state index in [2.05, 4.69) is 20.6 Å². The molecule has 7 nitrogen and oxygen atoms in total. The van der Waals surface area contributed by atoms with Crippen molar-refractivity contribution in [1.82, 2.24) is 20.5 Å². The summed E-state index contributed by atoms with van der Waals surface area (Å²) in [6, 6.07) is 6.47. The number of aryl methyl sites for hydroxylation is 1. The smallest absolute Gasteiger partial charge is 0.255 e. The summed E-state index contributed by atoms with van der Waals surface area (Å²) in [5.41, 5.74) is 1.27. The first kappa shape index (κ1) is 23.2. The van der Waals surface area contributed by atoms with E-state index in [0.717, 1.165) is 23.2 Å². The summed E-state index contributed by atoms with van der Waals surface area (Å²) in [4.78, 5) is 23.1. The monoisotopic (exact) mass is 503 g/mol. The number of carbonyl (C=O) groups excluding carboxylic acids is 1. The minimum Gasteiger partial charge on any atom is -0.507 e. The minimum absolute atomic E-state index is 0. The van der Waals surface area contributed by atoms with E-state index in [-0.39, 0.29) is 41.2 Å². The van der Waals surface area contributed by atoms with Crippen molar-refractivity contribution in [3.8, 4) is 5.75 Å². The van der Waals surface area contributed by atoms with Crippen LogP contribution in [-0.2, 0) is 6.54 Å². The molecule has 3 N–H and O–H groups in total. The first-order valence-corrected chi connectivity index (χ1v) is 9.36. The van der Waals surface area contributed by atoms with E-state index in [4.69, 9.17) is 0 Å².